The van der Waals surface area contributed by atoms with Crippen LogP contribution in [0.4, 0.5) is 0 Å². The van der Waals surface area contributed by atoms with Crippen molar-refractivity contribution in [2.24, 2.45) is 11.3 Å². The summed E-state index contributed by atoms with van der Waals surface area (Å²) in [6, 6.07) is 7.24. The third-order valence-corrected chi connectivity index (χ3v) is 8.69. The maximum atomic E-state index is 12.3. The van der Waals surface area contributed by atoms with Crippen LogP contribution in [-0.2, 0) is 31.9 Å². The SMILES string of the molecule is C=C(C)C(=O)OCC(CCC)(CCC1CCC(c2ccc(CCCCC)c(CC)c2)CC1)COC(=O)C(=C)CO. The van der Waals surface area contributed by atoms with Crippen LogP contribution in [-0.4, -0.2) is 36.9 Å². The van der Waals surface area contributed by atoms with Crippen LogP contribution in [0.25, 0.3) is 0 Å². The largest absolute Gasteiger partial charge is 0.462 e. The van der Waals surface area contributed by atoms with Crippen molar-refractivity contribution in [1.82, 2.24) is 0 Å². The molecule has 1 aliphatic carbocycles. The normalized spacial score (nSPS) is 18.5. The molecule has 0 amide bonds. The van der Waals surface area contributed by atoms with E-state index in [4.69, 9.17) is 9.47 Å². The molecule has 0 aliphatic heterocycles. The summed E-state index contributed by atoms with van der Waals surface area (Å²) in [5.41, 5.74) is 4.46. The van der Waals surface area contributed by atoms with Crippen LogP contribution >= 0.6 is 0 Å². The molecule has 0 aromatic heterocycles. The third kappa shape index (κ3) is 10.5. The Kier molecular flexibility index (Phi) is 14.7. The van der Waals surface area contributed by atoms with Crippen LogP contribution in [0.2, 0.25) is 0 Å². The highest BCUT2D eigenvalue weighted by molar-refractivity contribution is 5.88. The average molecular weight is 555 g/mol. The Morgan fingerprint density at radius 3 is 2.17 bits per heavy atom. The van der Waals surface area contributed by atoms with Crippen LogP contribution in [0.3, 0.4) is 0 Å². The number of aliphatic hydroxyl groups is 1. The number of aryl methyl sites for hydroxylation is 2. The van der Waals surface area contributed by atoms with Crippen LogP contribution in [0, 0.1) is 11.3 Å². The van der Waals surface area contributed by atoms with Crippen LogP contribution < -0.4 is 0 Å². The molecule has 0 spiro atoms. The number of carbonyl (C=O) groups excluding carboxylic acids is 2. The van der Waals surface area contributed by atoms with E-state index in [1.807, 2.05) is 0 Å². The van der Waals surface area contributed by atoms with Gasteiger partial charge in [0.1, 0.15) is 13.2 Å². The zero-order valence-electron chi connectivity index (χ0n) is 25.7. The number of esters is 2. The van der Waals surface area contributed by atoms with Gasteiger partial charge in [0.2, 0.25) is 0 Å². The maximum Gasteiger partial charge on any atom is 0.335 e. The van der Waals surface area contributed by atoms with Crippen LogP contribution in [0.15, 0.2) is 42.5 Å². The lowest BCUT2D eigenvalue weighted by molar-refractivity contribution is -0.150. The van der Waals surface area contributed by atoms with Crippen molar-refractivity contribution >= 4 is 11.9 Å². The summed E-state index contributed by atoms with van der Waals surface area (Å²) < 4.78 is 11.2. The Morgan fingerprint density at radius 2 is 1.60 bits per heavy atom. The molecular formula is C35H54O5. The van der Waals surface area contributed by atoms with Gasteiger partial charge in [0.15, 0.2) is 0 Å². The number of carbonyl (C=O) groups is 2. The van der Waals surface area contributed by atoms with Crippen molar-refractivity contribution in [3.8, 4) is 0 Å². The first kappa shape index (κ1) is 33.8. The van der Waals surface area contributed by atoms with E-state index < -0.39 is 24.0 Å². The maximum absolute atomic E-state index is 12.3. The average Bonchev–Trinajstić information content (AvgIpc) is 2.97. The molecule has 1 aliphatic rings. The first-order valence-corrected chi connectivity index (χ1v) is 15.6. The Hall–Kier alpha value is -2.40. The van der Waals surface area contributed by atoms with Gasteiger partial charge < -0.3 is 14.6 Å². The van der Waals surface area contributed by atoms with Gasteiger partial charge in [-0.1, -0.05) is 71.4 Å². The molecule has 1 unspecified atom stereocenters. The fourth-order valence-corrected chi connectivity index (χ4v) is 6.05. The monoisotopic (exact) mass is 554 g/mol. The molecule has 1 aromatic carbocycles. The van der Waals surface area contributed by atoms with Gasteiger partial charge in [-0.25, -0.2) is 9.59 Å². The van der Waals surface area contributed by atoms with Gasteiger partial charge in [0.05, 0.1) is 12.2 Å². The fraction of sp³-hybridized carbons (Fsp3) is 0.657. The van der Waals surface area contributed by atoms with Crippen molar-refractivity contribution < 1.29 is 24.2 Å². The van der Waals surface area contributed by atoms with Gasteiger partial charge in [0.25, 0.3) is 0 Å². The van der Waals surface area contributed by atoms with Gasteiger partial charge in [0, 0.05) is 11.0 Å². The lowest BCUT2D eigenvalue weighted by Gasteiger charge is -2.36. The molecule has 1 saturated carbocycles. The lowest BCUT2D eigenvalue weighted by Crippen LogP contribution is -2.35. The number of hydrogen-bond donors (Lipinski definition) is 1. The predicted molar refractivity (Wildman–Crippen MR) is 163 cm³/mol. The molecule has 5 nitrogen and oxygen atoms in total. The Morgan fingerprint density at radius 1 is 0.925 bits per heavy atom. The molecule has 1 atom stereocenters. The lowest BCUT2D eigenvalue weighted by atomic mass is 9.73. The Labute approximate surface area is 243 Å². The molecule has 0 radical (unpaired) electrons. The van der Waals surface area contributed by atoms with Crippen molar-refractivity contribution in [2.45, 2.75) is 117 Å². The molecule has 1 aromatic rings. The molecule has 5 heteroatoms. The van der Waals surface area contributed by atoms with E-state index in [0.29, 0.717) is 17.4 Å². The summed E-state index contributed by atoms with van der Waals surface area (Å²) in [5.74, 6) is 0.201. The van der Waals surface area contributed by atoms with E-state index in [1.54, 1.807) is 6.92 Å². The predicted octanol–water partition coefficient (Wildman–Crippen LogP) is 8.03. The zero-order valence-corrected chi connectivity index (χ0v) is 25.7. The molecule has 1 N–H and O–H groups in total. The Balaban J connectivity index is 2.03. The number of unbranched alkanes of at least 4 members (excludes halogenated alkanes) is 2. The van der Waals surface area contributed by atoms with Crippen molar-refractivity contribution in [3.63, 3.8) is 0 Å². The highest BCUT2D eigenvalue weighted by Gasteiger charge is 2.35. The van der Waals surface area contributed by atoms with Gasteiger partial charge in [-0.05, 0) is 99.7 Å². The van der Waals surface area contributed by atoms with E-state index in [-0.39, 0.29) is 18.8 Å². The van der Waals surface area contributed by atoms with E-state index >= 15 is 0 Å². The first-order valence-electron chi connectivity index (χ1n) is 15.6. The quantitative estimate of drug-likeness (QED) is 0.113. The minimum Gasteiger partial charge on any atom is -0.462 e. The van der Waals surface area contributed by atoms with Crippen LogP contribution in [0.5, 0.6) is 0 Å². The summed E-state index contributed by atoms with van der Waals surface area (Å²) in [6.45, 7) is 15.4. The van der Waals surface area contributed by atoms with Gasteiger partial charge in [-0.3, -0.25) is 0 Å². The summed E-state index contributed by atoms with van der Waals surface area (Å²) >= 11 is 0. The molecule has 2 rings (SSSR count). The van der Waals surface area contributed by atoms with Crippen LogP contribution in [0.1, 0.15) is 121 Å². The Bertz CT molecular complexity index is 972. The minimum atomic E-state index is -0.599. The van der Waals surface area contributed by atoms with E-state index in [1.165, 1.54) is 68.1 Å². The van der Waals surface area contributed by atoms with Gasteiger partial charge in [-0.2, -0.15) is 0 Å². The highest BCUT2D eigenvalue weighted by Crippen LogP contribution is 2.41. The number of hydrogen-bond acceptors (Lipinski definition) is 5. The van der Waals surface area contributed by atoms with Crippen molar-refractivity contribution in [2.75, 3.05) is 19.8 Å². The standard InChI is InChI=1S/C35H54O5/c1-7-10-11-12-30-17-18-32(22-29(30)9-3)31-15-13-28(14-16-31)19-21-35(20-8-2,24-39-33(37)26(4)5)25-40-34(38)27(6)23-36/h17-18,22,28,31,36H,4,6-16,19-21,23-25H2,1-3,5H3. The number of benzene rings is 1. The topological polar surface area (TPSA) is 72.8 Å². The second-order valence-electron chi connectivity index (χ2n) is 12.0. The summed E-state index contributed by atoms with van der Waals surface area (Å²) in [7, 11) is 0. The molecule has 0 bridgehead atoms. The molecule has 40 heavy (non-hydrogen) atoms. The first-order chi connectivity index (χ1) is 19.2. The fourth-order valence-electron chi connectivity index (χ4n) is 6.05. The second-order valence-corrected chi connectivity index (χ2v) is 12.0. The minimum absolute atomic E-state index is 0.0304. The van der Waals surface area contributed by atoms with E-state index in [2.05, 4.69) is 52.1 Å². The molecule has 224 valence electrons. The zero-order chi connectivity index (χ0) is 29.5. The van der Waals surface area contributed by atoms with Crippen molar-refractivity contribution in [3.05, 3.63) is 59.2 Å². The number of aliphatic hydroxyl groups excluding tert-OH is 1. The number of ether oxygens (including phenoxy) is 2. The third-order valence-electron chi connectivity index (χ3n) is 8.69. The molecule has 0 heterocycles. The number of rotatable bonds is 18. The molecular weight excluding hydrogens is 500 g/mol. The van der Waals surface area contributed by atoms with E-state index in [9.17, 15) is 14.7 Å². The highest BCUT2D eigenvalue weighted by atomic mass is 16.5. The van der Waals surface area contributed by atoms with Crippen molar-refractivity contribution in [1.29, 1.82) is 0 Å². The molecule has 1 fully saturated rings. The summed E-state index contributed by atoms with van der Waals surface area (Å²) in [5, 5.41) is 9.26. The van der Waals surface area contributed by atoms with Gasteiger partial charge >= 0.3 is 11.9 Å². The van der Waals surface area contributed by atoms with E-state index in [0.717, 1.165) is 32.1 Å². The second kappa shape index (κ2) is 17.4. The molecule has 0 saturated heterocycles. The smallest absolute Gasteiger partial charge is 0.335 e. The summed E-state index contributed by atoms with van der Waals surface area (Å²) in [6.07, 6.45) is 14.3. The summed E-state index contributed by atoms with van der Waals surface area (Å²) in [4.78, 5) is 24.5. The van der Waals surface area contributed by atoms with Gasteiger partial charge in [-0.15, -0.1) is 0 Å².